The van der Waals surface area contributed by atoms with Gasteiger partial charge in [-0.25, -0.2) is 0 Å². The fourth-order valence-electron chi connectivity index (χ4n) is 0. The van der Waals surface area contributed by atoms with E-state index in [1.807, 2.05) is 27.7 Å². The molecule has 0 atom stereocenters. The van der Waals surface area contributed by atoms with E-state index in [0.717, 1.165) is 0 Å². The lowest BCUT2D eigenvalue weighted by molar-refractivity contribution is 1.42. The molecular weight excluding hydrogens is 176 g/mol. The number of rotatable bonds is 0. The van der Waals surface area contributed by atoms with Gasteiger partial charge in [0, 0.05) is 0 Å². The number of allylic oxidation sites excluding steroid dienone is 2. The van der Waals surface area contributed by atoms with Gasteiger partial charge in [-0.2, -0.15) is 0 Å². The van der Waals surface area contributed by atoms with Crippen molar-refractivity contribution in [3.8, 4) is 0 Å². The second-order valence-corrected chi connectivity index (χ2v) is 2.41. The van der Waals surface area contributed by atoms with Crippen LogP contribution in [0.3, 0.4) is 0 Å². The van der Waals surface area contributed by atoms with Crippen molar-refractivity contribution in [2.24, 2.45) is 0 Å². The average molecular weight is 193 g/mol. The summed E-state index contributed by atoms with van der Waals surface area (Å²) in [5.74, 6) is 0. The average Bonchev–Trinajstić information content (AvgIpc) is 1.25. The summed E-state index contributed by atoms with van der Waals surface area (Å²) < 4.78 is 0. The Morgan fingerprint density at radius 2 is 0.778 bits per heavy atom. The molecule has 0 aliphatic heterocycles. The second kappa shape index (κ2) is 10.9. The molecule has 0 rings (SSSR count). The van der Waals surface area contributed by atoms with Crippen molar-refractivity contribution >= 4 is 17.0 Å². The van der Waals surface area contributed by atoms with Crippen LogP contribution >= 0.6 is 17.0 Å². The van der Waals surface area contributed by atoms with E-state index in [4.69, 9.17) is 0 Å². The maximum atomic E-state index is 3.56. The summed E-state index contributed by atoms with van der Waals surface area (Å²) in [5.41, 5.74) is 2.33. The molecule has 0 heterocycles. The van der Waals surface area contributed by atoms with Gasteiger partial charge in [0.1, 0.15) is 0 Å². The highest BCUT2D eigenvalue weighted by Gasteiger charge is 1.52. The standard InChI is InChI=1S/2C4H8.BrH/c2*1-4(2)3;/h2*1H2,2-3H3;1H. The first-order valence-corrected chi connectivity index (χ1v) is 2.71. The van der Waals surface area contributed by atoms with Crippen LogP contribution in [0, 0.1) is 0 Å². The van der Waals surface area contributed by atoms with Crippen molar-refractivity contribution in [3.05, 3.63) is 24.3 Å². The Hall–Kier alpha value is -0.0400. The normalized spacial score (nSPS) is 5.78. The maximum Gasteiger partial charge on any atom is -0.0445 e. The molecule has 0 nitrogen and oxygen atoms in total. The van der Waals surface area contributed by atoms with E-state index >= 15 is 0 Å². The molecule has 0 aromatic rings. The third kappa shape index (κ3) is 177000. The van der Waals surface area contributed by atoms with Gasteiger partial charge < -0.3 is 0 Å². The molecular formula is C8H17Br. The molecule has 0 N–H and O–H groups in total. The van der Waals surface area contributed by atoms with Crippen LogP contribution < -0.4 is 0 Å². The highest BCUT2D eigenvalue weighted by Crippen LogP contribution is 1.74. The molecule has 0 saturated carbocycles. The van der Waals surface area contributed by atoms with E-state index in [1.165, 1.54) is 11.1 Å². The Morgan fingerprint density at radius 3 is 0.778 bits per heavy atom. The Labute approximate surface area is 69.4 Å². The SMILES string of the molecule is Br.C=C(C)C.C=C(C)C. The fraction of sp³-hybridized carbons (Fsp3) is 0.500. The van der Waals surface area contributed by atoms with Crippen molar-refractivity contribution in [2.45, 2.75) is 27.7 Å². The summed E-state index contributed by atoms with van der Waals surface area (Å²) in [5, 5.41) is 0. The molecule has 9 heavy (non-hydrogen) atoms. The molecule has 1 heteroatoms. The molecule has 0 bridgehead atoms. The molecule has 56 valence electrons. The van der Waals surface area contributed by atoms with Crippen molar-refractivity contribution in [2.75, 3.05) is 0 Å². The van der Waals surface area contributed by atoms with Crippen molar-refractivity contribution < 1.29 is 0 Å². The summed E-state index contributed by atoms with van der Waals surface area (Å²) in [7, 11) is 0. The third-order valence-electron chi connectivity index (χ3n) is 0. The van der Waals surface area contributed by atoms with Crippen LogP contribution in [0.4, 0.5) is 0 Å². The van der Waals surface area contributed by atoms with Crippen molar-refractivity contribution in [1.82, 2.24) is 0 Å². The summed E-state index contributed by atoms with van der Waals surface area (Å²) >= 11 is 0. The van der Waals surface area contributed by atoms with E-state index in [0.29, 0.717) is 0 Å². The van der Waals surface area contributed by atoms with Gasteiger partial charge in [0.25, 0.3) is 0 Å². The number of hydrogen-bond donors (Lipinski definition) is 0. The lowest BCUT2D eigenvalue weighted by Crippen LogP contribution is -1.43. The molecule has 0 saturated heterocycles. The van der Waals surface area contributed by atoms with E-state index in [-0.39, 0.29) is 17.0 Å². The molecule has 0 radical (unpaired) electrons. The highest BCUT2D eigenvalue weighted by atomic mass is 79.9. The van der Waals surface area contributed by atoms with Crippen LogP contribution in [0.2, 0.25) is 0 Å². The van der Waals surface area contributed by atoms with E-state index < -0.39 is 0 Å². The molecule has 0 amide bonds. The number of halogens is 1. The zero-order valence-electron chi connectivity index (χ0n) is 6.82. The third-order valence-corrected chi connectivity index (χ3v) is 0. The summed E-state index contributed by atoms with van der Waals surface area (Å²) in [4.78, 5) is 0. The van der Waals surface area contributed by atoms with E-state index in [1.54, 1.807) is 0 Å². The first-order chi connectivity index (χ1) is 3.46. The van der Waals surface area contributed by atoms with E-state index in [2.05, 4.69) is 13.2 Å². The lowest BCUT2D eigenvalue weighted by atomic mass is 10.4. The van der Waals surface area contributed by atoms with E-state index in [9.17, 15) is 0 Å². The Kier molecular flexibility index (Phi) is 19.3. The van der Waals surface area contributed by atoms with Gasteiger partial charge in [0.05, 0.1) is 0 Å². The summed E-state index contributed by atoms with van der Waals surface area (Å²) in [6, 6.07) is 0. The molecule has 0 aliphatic rings. The predicted octanol–water partition coefficient (Wildman–Crippen LogP) is 3.74. The van der Waals surface area contributed by atoms with Crippen LogP contribution in [0.5, 0.6) is 0 Å². The highest BCUT2D eigenvalue weighted by molar-refractivity contribution is 8.93. The van der Waals surface area contributed by atoms with Gasteiger partial charge in [0.15, 0.2) is 0 Å². The smallest absolute Gasteiger partial charge is 0.0445 e. The van der Waals surface area contributed by atoms with Crippen LogP contribution in [0.1, 0.15) is 27.7 Å². The Morgan fingerprint density at radius 1 is 0.778 bits per heavy atom. The van der Waals surface area contributed by atoms with Crippen molar-refractivity contribution in [3.63, 3.8) is 0 Å². The number of hydrogen-bond acceptors (Lipinski definition) is 0. The van der Waals surface area contributed by atoms with Crippen LogP contribution in [0.25, 0.3) is 0 Å². The second-order valence-electron chi connectivity index (χ2n) is 2.41. The van der Waals surface area contributed by atoms with Crippen molar-refractivity contribution in [1.29, 1.82) is 0 Å². The van der Waals surface area contributed by atoms with Crippen LogP contribution in [-0.4, -0.2) is 0 Å². The van der Waals surface area contributed by atoms with Gasteiger partial charge in [-0.05, 0) is 27.7 Å². The monoisotopic (exact) mass is 192 g/mol. The quantitative estimate of drug-likeness (QED) is 0.514. The Bertz CT molecular complexity index is 62.6. The minimum atomic E-state index is 0. The molecule has 0 aromatic carbocycles. The van der Waals surface area contributed by atoms with Gasteiger partial charge in [-0.15, -0.1) is 30.1 Å². The molecule has 0 aromatic heterocycles. The van der Waals surface area contributed by atoms with Crippen LogP contribution in [-0.2, 0) is 0 Å². The topological polar surface area (TPSA) is 0 Å². The lowest BCUT2D eigenvalue weighted by Gasteiger charge is -1.65. The largest absolute Gasteiger partial charge is 0.114 e. The zero-order valence-corrected chi connectivity index (χ0v) is 8.54. The minimum Gasteiger partial charge on any atom is -0.114 e. The zero-order chi connectivity index (χ0) is 7.15. The first kappa shape index (κ1) is 16.0. The molecule has 0 aliphatic carbocycles. The van der Waals surface area contributed by atoms with Gasteiger partial charge >= 0.3 is 0 Å². The maximum absolute atomic E-state index is 3.56. The van der Waals surface area contributed by atoms with Crippen LogP contribution in [0.15, 0.2) is 24.3 Å². The summed E-state index contributed by atoms with van der Waals surface area (Å²) in [6.07, 6.45) is 0. The first-order valence-electron chi connectivity index (χ1n) is 2.71. The minimum absolute atomic E-state index is 0. The van der Waals surface area contributed by atoms with Gasteiger partial charge in [0.2, 0.25) is 0 Å². The summed E-state index contributed by atoms with van der Waals surface area (Å²) in [6.45, 7) is 15.0. The van der Waals surface area contributed by atoms with Gasteiger partial charge in [-0.3, -0.25) is 0 Å². The fourth-order valence-corrected chi connectivity index (χ4v) is 0. The molecule has 0 fully saturated rings. The predicted molar refractivity (Wildman–Crippen MR) is 51.3 cm³/mol. The molecule has 0 spiro atoms. The van der Waals surface area contributed by atoms with Gasteiger partial charge in [-0.1, -0.05) is 11.1 Å². The Balaban J connectivity index is -0.0000000720. The molecule has 0 unspecified atom stereocenters.